The smallest absolute Gasteiger partial charge is 0.225 e. The molecule has 5 nitrogen and oxygen atoms in total. The zero-order valence-corrected chi connectivity index (χ0v) is 12.4. The van der Waals surface area contributed by atoms with Crippen LogP contribution in [0.2, 0.25) is 0 Å². The van der Waals surface area contributed by atoms with Gasteiger partial charge in [-0.15, -0.1) is 0 Å². The second kappa shape index (κ2) is 6.63. The van der Waals surface area contributed by atoms with Crippen LogP contribution < -0.4 is 10.2 Å². The van der Waals surface area contributed by atoms with Gasteiger partial charge in [-0.2, -0.15) is 0 Å². The van der Waals surface area contributed by atoms with Crippen molar-refractivity contribution in [2.24, 2.45) is 0 Å². The SMILES string of the molecule is CN(CCc1ccccn1)c1ncc(CNC2CC2)cn1. The molecule has 0 aliphatic heterocycles. The number of likely N-dealkylation sites (N-methyl/N-ethyl adjacent to an activating group) is 1. The molecule has 1 aliphatic rings. The van der Waals surface area contributed by atoms with Gasteiger partial charge in [0.15, 0.2) is 0 Å². The predicted octanol–water partition coefficient (Wildman–Crippen LogP) is 1.80. The lowest BCUT2D eigenvalue weighted by Gasteiger charge is -2.16. The van der Waals surface area contributed by atoms with Crippen LogP contribution in [0.3, 0.4) is 0 Å². The maximum absolute atomic E-state index is 4.44. The first kappa shape index (κ1) is 13.9. The van der Waals surface area contributed by atoms with Crippen molar-refractivity contribution in [3.05, 3.63) is 48.0 Å². The third-order valence-corrected chi connectivity index (χ3v) is 3.63. The van der Waals surface area contributed by atoms with Crippen LogP contribution in [0.15, 0.2) is 36.8 Å². The minimum atomic E-state index is 0.714. The Morgan fingerprint density at radius 2 is 2.00 bits per heavy atom. The Hall–Kier alpha value is -2.01. The van der Waals surface area contributed by atoms with Gasteiger partial charge in [-0.25, -0.2) is 9.97 Å². The Balaban J connectivity index is 1.50. The van der Waals surface area contributed by atoms with Crippen LogP contribution in [0.4, 0.5) is 5.95 Å². The fourth-order valence-electron chi connectivity index (χ4n) is 2.11. The van der Waals surface area contributed by atoms with E-state index in [1.165, 1.54) is 12.8 Å². The number of hydrogen-bond donors (Lipinski definition) is 1. The first-order chi connectivity index (χ1) is 10.3. The summed E-state index contributed by atoms with van der Waals surface area (Å²) >= 11 is 0. The van der Waals surface area contributed by atoms with Crippen molar-refractivity contribution >= 4 is 5.95 Å². The van der Waals surface area contributed by atoms with Crippen molar-refractivity contribution in [2.75, 3.05) is 18.5 Å². The Labute approximate surface area is 125 Å². The summed E-state index contributed by atoms with van der Waals surface area (Å²) in [5, 5.41) is 3.47. The van der Waals surface area contributed by atoms with Crippen molar-refractivity contribution in [3.8, 4) is 0 Å². The standard InChI is InChI=1S/C16H21N5/c1-21(9-7-14-4-2-3-8-17-14)16-19-11-13(12-20-16)10-18-15-5-6-15/h2-4,8,11-12,15,18H,5-7,9-10H2,1H3. The van der Waals surface area contributed by atoms with Gasteiger partial charge >= 0.3 is 0 Å². The van der Waals surface area contributed by atoms with E-state index >= 15 is 0 Å². The fourth-order valence-corrected chi connectivity index (χ4v) is 2.11. The van der Waals surface area contributed by atoms with E-state index in [-0.39, 0.29) is 0 Å². The molecule has 0 aromatic carbocycles. The molecule has 1 saturated carbocycles. The molecule has 0 saturated heterocycles. The third-order valence-electron chi connectivity index (χ3n) is 3.63. The summed E-state index contributed by atoms with van der Waals surface area (Å²) in [6.07, 6.45) is 9.15. The molecule has 110 valence electrons. The molecule has 2 aromatic heterocycles. The monoisotopic (exact) mass is 283 g/mol. The zero-order valence-electron chi connectivity index (χ0n) is 12.4. The molecule has 0 atom stereocenters. The number of pyridine rings is 1. The summed E-state index contributed by atoms with van der Waals surface area (Å²) in [6.45, 7) is 1.72. The molecule has 0 amide bonds. The van der Waals surface area contributed by atoms with Gasteiger partial charge in [-0.3, -0.25) is 4.98 Å². The van der Waals surface area contributed by atoms with Crippen LogP contribution in [0.5, 0.6) is 0 Å². The van der Waals surface area contributed by atoms with Gasteiger partial charge in [0, 0.05) is 62.4 Å². The van der Waals surface area contributed by atoms with Gasteiger partial charge in [-0.1, -0.05) is 6.07 Å². The Morgan fingerprint density at radius 3 is 2.67 bits per heavy atom. The molecule has 5 heteroatoms. The minimum absolute atomic E-state index is 0.714. The highest BCUT2D eigenvalue weighted by atomic mass is 15.2. The number of nitrogens with zero attached hydrogens (tertiary/aromatic N) is 4. The molecule has 1 N–H and O–H groups in total. The minimum Gasteiger partial charge on any atom is -0.343 e. The van der Waals surface area contributed by atoms with E-state index in [2.05, 4.69) is 25.2 Å². The predicted molar refractivity (Wildman–Crippen MR) is 83.1 cm³/mol. The normalized spacial score (nSPS) is 14.1. The summed E-state index contributed by atoms with van der Waals surface area (Å²) in [7, 11) is 2.01. The van der Waals surface area contributed by atoms with E-state index in [1.807, 2.05) is 43.8 Å². The number of hydrogen-bond acceptors (Lipinski definition) is 5. The first-order valence-electron chi connectivity index (χ1n) is 7.46. The van der Waals surface area contributed by atoms with Crippen molar-refractivity contribution < 1.29 is 0 Å². The molecular weight excluding hydrogens is 262 g/mol. The molecule has 2 aromatic rings. The molecular formula is C16H21N5. The zero-order chi connectivity index (χ0) is 14.5. The Bertz CT molecular complexity index is 551. The summed E-state index contributed by atoms with van der Waals surface area (Å²) in [6, 6.07) is 6.71. The van der Waals surface area contributed by atoms with Crippen molar-refractivity contribution in [1.29, 1.82) is 0 Å². The average Bonchev–Trinajstić information content (AvgIpc) is 3.36. The lowest BCUT2D eigenvalue weighted by Crippen LogP contribution is -2.23. The van der Waals surface area contributed by atoms with Crippen LogP contribution in [-0.4, -0.2) is 34.6 Å². The van der Waals surface area contributed by atoms with Crippen molar-refractivity contribution in [2.45, 2.75) is 31.8 Å². The van der Waals surface area contributed by atoms with Gasteiger partial charge in [0.25, 0.3) is 0 Å². The largest absolute Gasteiger partial charge is 0.343 e. The van der Waals surface area contributed by atoms with Gasteiger partial charge in [0.05, 0.1) is 0 Å². The first-order valence-corrected chi connectivity index (χ1v) is 7.46. The van der Waals surface area contributed by atoms with Crippen LogP contribution in [0, 0.1) is 0 Å². The molecule has 3 rings (SSSR count). The maximum atomic E-state index is 4.44. The van der Waals surface area contributed by atoms with Gasteiger partial charge in [0.1, 0.15) is 0 Å². The second-order valence-electron chi connectivity index (χ2n) is 5.54. The summed E-state index contributed by atoms with van der Waals surface area (Å²) in [5.74, 6) is 0.765. The van der Waals surface area contributed by atoms with E-state index in [0.717, 1.165) is 36.7 Å². The summed E-state index contributed by atoms with van der Waals surface area (Å²) in [5.41, 5.74) is 2.23. The van der Waals surface area contributed by atoms with Crippen LogP contribution in [0.25, 0.3) is 0 Å². The highest BCUT2D eigenvalue weighted by Crippen LogP contribution is 2.19. The van der Waals surface area contributed by atoms with Crippen molar-refractivity contribution in [1.82, 2.24) is 20.3 Å². The van der Waals surface area contributed by atoms with Crippen LogP contribution >= 0.6 is 0 Å². The third kappa shape index (κ3) is 4.23. The number of anilines is 1. The summed E-state index contributed by atoms with van der Waals surface area (Å²) in [4.78, 5) is 15.3. The quantitative estimate of drug-likeness (QED) is 0.840. The molecule has 1 aliphatic carbocycles. The molecule has 2 heterocycles. The van der Waals surface area contributed by atoms with E-state index in [1.54, 1.807) is 0 Å². The molecule has 0 radical (unpaired) electrons. The van der Waals surface area contributed by atoms with E-state index in [4.69, 9.17) is 0 Å². The van der Waals surface area contributed by atoms with Gasteiger partial charge in [-0.05, 0) is 25.0 Å². The molecule has 1 fully saturated rings. The molecule has 21 heavy (non-hydrogen) atoms. The molecule has 0 bridgehead atoms. The van der Waals surface area contributed by atoms with E-state index < -0.39 is 0 Å². The maximum Gasteiger partial charge on any atom is 0.225 e. The van der Waals surface area contributed by atoms with Crippen LogP contribution in [-0.2, 0) is 13.0 Å². The number of nitrogens with one attached hydrogen (secondary N) is 1. The highest BCUT2D eigenvalue weighted by molar-refractivity contribution is 5.28. The van der Waals surface area contributed by atoms with E-state index in [0.29, 0.717) is 6.04 Å². The second-order valence-corrected chi connectivity index (χ2v) is 5.54. The molecule has 0 unspecified atom stereocenters. The van der Waals surface area contributed by atoms with Crippen LogP contribution in [0.1, 0.15) is 24.1 Å². The van der Waals surface area contributed by atoms with Gasteiger partial charge in [0.2, 0.25) is 5.95 Å². The lowest BCUT2D eigenvalue weighted by atomic mass is 10.2. The Kier molecular flexibility index (Phi) is 4.40. The number of rotatable bonds is 7. The van der Waals surface area contributed by atoms with Gasteiger partial charge < -0.3 is 10.2 Å². The fraction of sp³-hybridized carbons (Fsp3) is 0.438. The highest BCUT2D eigenvalue weighted by Gasteiger charge is 2.20. The van der Waals surface area contributed by atoms with E-state index in [9.17, 15) is 0 Å². The Morgan fingerprint density at radius 1 is 1.19 bits per heavy atom. The van der Waals surface area contributed by atoms with Crippen molar-refractivity contribution in [3.63, 3.8) is 0 Å². The topological polar surface area (TPSA) is 53.9 Å². The summed E-state index contributed by atoms with van der Waals surface area (Å²) < 4.78 is 0. The number of aromatic nitrogens is 3. The molecule has 0 spiro atoms. The lowest BCUT2D eigenvalue weighted by molar-refractivity contribution is 0.682. The average molecular weight is 283 g/mol.